The Morgan fingerprint density at radius 2 is 1.87 bits per heavy atom. The van der Waals surface area contributed by atoms with Crippen LogP contribution in [0, 0.1) is 5.92 Å². The van der Waals surface area contributed by atoms with Crippen LogP contribution in [-0.4, -0.2) is 30.7 Å². The molecule has 2 unspecified atom stereocenters. The van der Waals surface area contributed by atoms with Crippen molar-refractivity contribution in [3.8, 4) is 5.75 Å². The van der Waals surface area contributed by atoms with Gasteiger partial charge in [-0.2, -0.15) is 0 Å². The van der Waals surface area contributed by atoms with Crippen LogP contribution in [0.5, 0.6) is 5.75 Å². The van der Waals surface area contributed by atoms with E-state index in [9.17, 15) is 18.7 Å². The van der Waals surface area contributed by atoms with Gasteiger partial charge in [0.1, 0.15) is 17.3 Å². The Labute approximate surface area is 135 Å². The zero-order valence-electron chi connectivity index (χ0n) is 13.7. The number of hydrogen-bond donors (Lipinski definition) is 1. The van der Waals surface area contributed by atoms with E-state index in [0.29, 0.717) is 12.4 Å². The van der Waals surface area contributed by atoms with Crippen LogP contribution < -0.4 is 4.74 Å². The lowest BCUT2D eigenvalue weighted by molar-refractivity contribution is -0.169. The lowest BCUT2D eigenvalue weighted by Crippen LogP contribution is -2.42. The number of alkyl halides is 2. The summed E-state index contributed by atoms with van der Waals surface area (Å²) < 4.78 is 36.7. The minimum absolute atomic E-state index is 0.0255. The van der Waals surface area contributed by atoms with Crippen LogP contribution in [0.1, 0.15) is 39.2 Å². The molecule has 0 aliphatic carbocycles. The van der Waals surface area contributed by atoms with Gasteiger partial charge in [0, 0.05) is 0 Å². The summed E-state index contributed by atoms with van der Waals surface area (Å²) in [5.41, 5.74) is -1.83. The largest absolute Gasteiger partial charge is 0.494 e. The molecule has 23 heavy (non-hydrogen) atoms. The molecule has 0 radical (unpaired) electrons. The molecule has 0 aliphatic rings. The molecule has 2 atom stereocenters. The van der Waals surface area contributed by atoms with Gasteiger partial charge in [0.05, 0.1) is 13.2 Å². The van der Waals surface area contributed by atoms with Gasteiger partial charge < -0.3 is 14.6 Å². The van der Waals surface area contributed by atoms with Crippen LogP contribution in [0.4, 0.5) is 8.78 Å². The molecular formula is C17H24F2O4. The van der Waals surface area contributed by atoms with Gasteiger partial charge in [-0.3, -0.25) is 4.79 Å². The van der Waals surface area contributed by atoms with Crippen molar-refractivity contribution in [3.63, 3.8) is 0 Å². The Morgan fingerprint density at radius 3 is 2.35 bits per heavy atom. The molecule has 0 saturated carbocycles. The van der Waals surface area contributed by atoms with E-state index in [1.54, 1.807) is 12.1 Å². The molecule has 0 amide bonds. The summed E-state index contributed by atoms with van der Waals surface area (Å²) in [6, 6.07) is 6.14. The van der Waals surface area contributed by atoms with E-state index in [-0.39, 0.29) is 12.2 Å². The topological polar surface area (TPSA) is 55.8 Å². The number of esters is 1. The maximum atomic E-state index is 13.3. The van der Waals surface area contributed by atoms with Crippen LogP contribution in [0.3, 0.4) is 0 Å². The van der Waals surface area contributed by atoms with Crippen molar-refractivity contribution in [1.29, 1.82) is 0 Å². The molecular weight excluding hydrogens is 306 g/mol. The number of benzene rings is 1. The number of ether oxygens (including phenoxy) is 2. The fraction of sp³-hybridized carbons (Fsp3) is 0.588. The molecule has 0 saturated heterocycles. The average molecular weight is 330 g/mol. The minimum atomic E-state index is -3.04. The van der Waals surface area contributed by atoms with Crippen LogP contribution >= 0.6 is 0 Å². The van der Waals surface area contributed by atoms with Crippen molar-refractivity contribution in [2.24, 2.45) is 5.92 Å². The second kappa shape index (κ2) is 8.82. The van der Waals surface area contributed by atoms with Crippen LogP contribution in [0.15, 0.2) is 24.3 Å². The Bertz CT molecular complexity index is 486. The molecule has 0 heterocycles. The molecule has 130 valence electrons. The first-order valence-corrected chi connectivity index (χ1v) is 7.75. The van der Waals surface area contributed by atoms with E-state index < -0.39 is 23.9 Å². The van der Waals surface area contributed by atoms with E-state index in [4.69, 9.17) is 4.74 Å². The fourth-order valence-corrected chi connectivity index (χ4v) is 2.21. The molecule has 1 rings (SSSR count). The maximum absolute atomic E-state index is 13.3. The highest BCUT2D eigenvalue weighted by Crippen LogP contribution is 2.35. The smallest absolute Gasteiger partial charge is 0.318 e. The summed E-state index contributed by atoms with van der Waals surface area (Å²) in [7, 11) is 0. The van der Waals surface area contributed by atoms with E-state index in [2.05, 4.69) is 4.74 Å². The molecule has 0 aromatic heterocycles. The highest BCUT2D eigenvalue weighted by molar-refractivity contribution is 5.74. The third-order valence-electron chi connectivity index (χ3n) is 3.60. The number of aliphatic hydroxyl groups is 1. The molecule has 0 spiro atoms. The van der Waals surface area contributed by atoms with Crippen LogP contribution in [0.25, 0.3) is 0 Å². The van der Waals surface area contributed by atoms with Gasteiger partial charge in [-0.05, 0) is 38.0 Å². The van der Waals surface area contributed by atoms with Gasteiger partial charge in [0.2, 0.25) is 0 Å². The maximum Gasteiger partial charge on any atom is 0.318 e. The summed E-state index contributed by atoms with van der Waals surface area (Å²) in [6.07, 6.45) is -1.12. The van der Waals surface area contributed by atoms with Gasteiger partial charge in [-0.15, -0.1) is 0 Å². The number of rotatable bonds is 9. The van der Waals surface area contributed by atoms with Crippen molar-refractivity contribution in [2.45, 2.75) is 45.6 Å². The summed E-state index contributed by atoms with van der Waals surface area (Å²) >= 11 is 0. The van der Waals surface area contributed by atoms with E-state index in [1.807, 2.05) is 6.92 Å². The van der Waals surface area contributed by atoms with Gasteiger partial charge >= 0.3 is 5.97 Å². The zero-order chi connectivity index (χ0) is 17.5. The van der Waals surface area contributed by atoms with Crippen molar-refractivity contribution in [2.75, 3.05) is 13.2 Å². The van der Waals surface area contributed by atoms with Crippen LogP contribution in [0.2, 0.25) is 0 Å². The van der Waals surface area contributed by atoms with Gasteiger partial charge in [-0.25, -0.2) is 8.78 Å². The lowest BCUT2D eigenvalue weighted by atomic mass is 9.83. The quantitative estimate of drug-likeness (QED) is 0.556. The molecule has 4 nitrogen and oxygen atoms in total. The van der Waals surface area contributed by atoms with Gasteiger partial charge in [0.15, 0.2) is 0 Å². The first-order chi connectivity index (χ1) is 10.8. The van der Waals surface area contributed by atoms with E-state index >= 15 is 0 Å². The summed E-state index contributed by atoms with van der Waals surface area (Å²) in [4.78, 5) is 11.8. The minimum Gasteiger partial charge on any atom is -0.494 e. The highest BCUT2D eigenvalue weighted by Gasteiger charge is 2.46. The van der Waals surface area contributed by atoms with Crippen molar-refractivity contribution in [3.05, 3.63) is 29.8 Å². The second-order valence-electron chi connectivity index (χ2n) is 5.44. The van der Waals surface area contributed by atoms with E-state index in [0.717, 1.165) is 12.8 Å². The lowest BCUT2D eigenvalue weighted by Gasteiger charge is -2.31. The number of hydrogen-bond acceptors (Lipinski definition) is 4. The Balaban J connectivity index is 2.93. The highest BCUT2D eigenvalue weighted by atomic mass is 19.3. The third-order valence-corrected chi connectivity index (χ3v) is 3.60. The number of unbranched alkanes of at least 4 members (excludes halogenated alkanes) is 1. The zero-order valence-corrected chi connectivity index (χ0v) is 13.7. The number of carbonyl (C=O) groups excluding carboxylic acids is 1. The predicted octanol–water partition coefficient (Wildman–Crippen LogP) is 3.52. The van der Waals surface area contributed by atoms with Crippen LogP contribution in [-0.2, 0) is 15.1 Å². The fourth-order valence-electron chi connectivity index (χ4n) is 2.21. The number of halogens is 2. The monoisotopic (exact) mass is 330 g/mol. The molecule has 0 bridgehead atoms. The molecule has 1 aromatic carbocycles. The second-order valence-corrected chi connectivity index (χ2v) is 5.44. The normalized spacial score (nSPS) is 15.1. The Kier molecular flexibility index (Phi) is 7.42. The first kappa shape index (κ1) is 19.4. The Hall–Kier alpha value is -1.69. The SMILES string of the molecule is CCCCOc1ccc(C(C)(O)C(C(=O)OCC)C(F)F)cc1. The van der Waals surface area contributed by atoms with Gasteiger partial charge in [0.25, 0.3) is 6.43 Å². The van der Waals surface area contributed by atoms with Crippen molar-refractivity contribution < 1.29 is 28.2 Å². The predicted molar refractivity (Wildman–Crippen MR) is 82.5 cm³/mol. The summed E-state index contributed by atoms with van der Waals surface area (Å²) in [5, 5.41) is 10.5. The van der Waals surface area contributed by atoms with Crippen molar-refractivity contribution >= 4 is 5.97 Å². The molecule has 0 fully saturated rings. The third kappa shape index (κ3) is 5.16. The average Bonchev–Trinajstić information content (AvgIpc) is 2.47. The molecule has 6 heteroatoms. The first-order valence-electron chi connectivity index (χ1n) is 7.75. The standard InChI is InChI=1S/C17H24F2O4/c1-4-6-11-23-13-9-7-12(8-10-13)17(3,21)14(15(18)19)16(20)22-5-2/h7-10,14-15,21H,4-6,11H2,1-3H3. The Morgan fingerprint density at radius 1 is 1.26 bits per heavy atom. The van der Waals surface area contributed by atoms with Crippen molar-refractivity contribution in [1.82, 2.24) is 0 Å². The van der Waals surface area contributed by atoms with E-state index in [1.165, 1.54) is 26.0 Å². The van der Waals surface area contributed by atoms with Gasteiger partial charge in [-0.1, -0.05) is 25.5 Å². The molecule has 0 aliphatic heterocycles. The summed E-state index contributed by atoms with van der Waals surface area (Å²) in [5.74, 6) is -2.48. The summed E-state index contributed by atoms with van der Waals surface area (Å²) in [6.45, 7) is 5.30. The molecule has 1 N–H and O–H groups in total. The number of carbonyl (C=O) groups is 1. The molecule has 1 aromatic rings.